The molecule has 0 radical (unpaired) electrons. The van der Waals surface area contributed by atoms with Gasteiger partial charge in [-0.25, -0.2) is 0 Å². The summed E-state index contributed by atoms with van der Waals surface area (Å²) in [4.78, 5) is 0. The van der Waals surface area contributed by atoms with Gasteiger partial charge in [-0.1, -0.05) is 19.8 Å². The normalized spacial score (nSPS) is 17.3. The molecule has 0 bridgehead atoms. The van der Waals surface area contributed by atoms with Gasteiger partial charge in [-0.05, 0) is 13.3 Å². The first kappa shape index (κ1) is 8.92. The van der Waals surface area contributed by atoms with Crippen LogP contribution in [0.4, 0.5) is 0 Å². The molecule has 9 heavy (non-hydrogen) atoms. The topological polar surface area (TPSA) is 46.2 Å². The second-order valence-corrected chi connectivity index (χ2v) is 2.92. The van der Waals surface area contributed by atoms with Crippen LogP contribution in [0.1, 0.15) is 33.1 Å². The Hall–Kier alpha value is -0.0800. The molecule has 0 heterocycles. The Morgan fingerprint density at radius 2 is 2.11 bits per heavy atom. The van der Waals surface area contributed by atoms with Crippen LogP contribution < -0.4 is 5.73 Å². The Morgan fingerprint density at radius 3 is 2.44 bits per heavy atom. The Morgan fingerprint density at radius 1 is 1.56 bits per heavy atom. The summed E-state index contributed by atoms with van der Waals surface area (Å²) in [7, 11) is 0. The number of nitrogens with two attached hydrogens (primary N) is 1. The summed E-state index contributed by atoms with van der Waals surface area (Å²) in [6.07, 6.45) is 3.17. The van der Waals surface area contributed by atoms with Gasteiger partial charge >= 0.3 is 0 Å². The number of hydrogen-bond acceptors (Lipinski definition) is 2. The Bertz CT molecular complexity index is 71.3. The van der Waals surface area contributed by atoms with Crippen LogP contribution in [-0.2, 0) is 0 Å². The minimum absolute atomic E-state index is 0.0903. The highest BCUT2D eigenvalue weighted by Crippen LogP contribution is 2.08. The lowest BCUT2D eigenvalue weighted by atomic mass is 9.98. The van der Waals surface area contributed by atoms with Crippen LogP contribution >= 0.6 is 0 Å². The van der Waals surface area contributed by atoms with Gasteiger partial charge in [0.25, 0.3) is 0 Å². The van der Waals surface area contributed by atoms with Crippen LogP contribution in [0.2, 0.25) is 0 Å². The lowest BCUT2D eigenvalue weighted by Crippen LogP contribution is -2.39. The van der Waals surface area contributed by atoms with Crippen LogP contribution in [0.5, 0.6) is 0 Å². The predicted octanol–water partition coefficient (Wildman–Crippen LogP) is 0.886. The standard InChI is InChI=1S/C7H17NO/c1-3-4-5-7(2,8)6-9/h9H,3-6,8H2,1-2H3/t7-/m0/s1. The monoisotopic (exact) mass is 131 g/mol. The molecule has 2 heteroatoms. The summed E-state index contributed by atoms with van der Waals surface area (Å²) in [5.74, 6) is 0. The van der Waals surface area contributed by atoms with E-state index in [-0.39, 0.29) is 12.1 Å². The Kier molecular flexibility index (Phi) is 3.82. The minimum atomic E-state index is -0.351. The highest BCUT2D eigenvalue weighted by Gasteiger charge is 2.14. The zero-order chi connectivity index (χ0) is 7.33. The molecule has 0 aliphatic carbocycles. The first-order valence-corrected chi connectivity index (χ1v) is 3.52. The minimum Gasteiger partial charge on any atom is -0.394 e. The molecule has 1 atom stereocenters. The van der Waals surface area contributed by atoms with E-state index < -0.39 is 0 Å². The summed E-state index contributed by atoms with van der Waals surface area (Å²) in [5.41, 5.74) is 5.30. The van der Waals surface area contributed by atoms with E-state index >= 15 is 0 Å². The molecule has 0 saturated heterocycles. The molecule has 3 N–H and O–H groups in total. The van der Waals surface area contributed by atoms with Crippen molar-refractivity contribution in [3.63, 3.8) is 0 Å². The van der Waals surface area contributed by atoms with Crippen molar-refractivity contribution in [1.29, 1.82) is 0 Å². The number of rotatable bonds is 4. The van der Waals surface area contributed by atoms with Crippen molar-refractivity contribution in [2.45, 2.75) is 38.6 Å². The van der Waals surface area contributed by atoms with E-state index in [9.17, 15) is 0 Å². The van der Waals surface area contributed by atoms with Crippen molar-refractivity contribution in [3.05, 3.63) is 0 Å². The van der Waals surface area contributed by atoms with E-state index in [1.54, 1.807) is 0 Å². The zero-order valence-corrected chi connectivity index (χ0v) is 6.35. The lowest BCUT2D eigenvalue weighted by molar-refractivity contribution is 0.198. The zero-order valence-electron chi connectivity index (χ0n) is 6.35. The van der Waals surface area contributed by atoms with Gasteiger partial charge in [0.2, 0.25) is 0 Å². The lowest BCUT2D eigenvalue weighted by Gasteiger charge is -2.20. The summed E-state index contributed by atoms with van der Waals surface area (Å²) >= 11 is 0. The quantitative estimate of drug-likeness (QED) is 0.595. The first-order valence-electron chi connectivity index (χ1n) is 3.52. The van der Waals surface area contributed by atoms with Gasteiger partial charge in [0, 0.05) is 5.54 Å². The fourth-order valence-electron chi connectivity index (χ4n) is 0.660. The second-order valence-electron chi connectivity index (χ2n) is 2.92. The van der Waals surface area contributed by atoms with Crippen molar-refractivity contribution in [3.8, 4) is 0 Å². The van der Waals surface area contributed by atoms with Gasteiger partial charge < -0.3 is 10.8 Å². The first-order chi connectivity index (χ1) is 4.12. The van der Waals surface area contributed by atoms with Gasteiger partial charge in [0.05, 0.1) is 6.61 Å². The number of unbranched alkanes of at least 4 members (excludes halogenated alkanes) is 1. The van der Waals surface area contributed by atoms with Crippen LogP contribution in [0.3, 0.4) is 0 Å². The van der Waals surface area contributed by atoms with Crippen LogP contribution in [-0.4, -0.2) is 17.3 Å². The van der Waals surface area contributed by atoms with Crippen LogP contribution in [0.15, 0.2) is 0 Å². The third kappa shape index (κ3) is 4.43. The number of aliphatic hydroxyl groups is 1. The molecule has 2 nitrogen and oxygen atoms in total. The third-order valence-electron chi connectivity index (χ3n) is 1.46. The Labute approximate surface area is 57.1 Å². The molecule has 56 valence electrons. The average molecular weight is 131 g/mol. The molecule has 0 aromatic heterocycles. The highest BCUT2D eigenvalue weighted by molar-refractivity contribution is 4.76. The maximum absolute atomic E-state index is 8.70. The van der Waals surface area contributed by atoms with E-state index in [4.69, 9.17) is 10.8 Å². The Balaban J connectivity index is 3.33. The summed E-state index contributed by atoms with van der Waals surface area (Å²) in [6.45, 7) is 4.09. The van der Waals surface area contributed by atoms with Crippen LogP contribution in [0.25, 0.3) is 0 Å². The van der Waals surface area contributed by atoms with E-state index in [1.165, 1.54) is 0 Å². The van der Waals surface area contributed by atoms with Crippen molar-refractivity contribution in [2.75, 3.05) is 6.61 Å². The molecule has 0 aliphatic rings. The molecule has 0 amide bonds. The molecule has 0 unspecified atom stereocenters. The van der Waals surface area contributed by atoms with Gasteiger partial charge in [0.1, 0.15) is 0 Å². The molecular formula is C7H17NO. The molecule has 0 rings (SSSR count). The average Bonchev–Trinajstić information content (AvgIpc) is 1.84. The van der Waals surface area contributed by atoms with Crippen molar-refractivity contribution in [2.24, 2.45) is 5.73 Å². The maximum atomic E-state index is 8.70. The second kappa shape index (κ2) is 3.85. The molecule has 0 saturated carbocycles. The van der Waals surface area contributed by atoms with Gasteiger partial charge in [0.15, 0.2) is 0 Å². The van der Waals surface area contributed by atoms with E-state index in [0.717, 1.165) is 19.3 Å². The van der Waals surface area contributed by atoms with E-state index in [2.05, 4.69) is 6.92 Å². The van der Waals surface area contributed by atoms with Gasteiger partial charge in [-0.15, -0.1) is 0 Å². The highest BCUT2D eigenvalue weighted by atomic mass is 16.3. The summed E-state index contributed by atoms with van der Waals surface area (Å²) in [5, 5.41) is 8.70. The van der Waals surface area contributed by atoms with Crippen molar-refractivity contribution in [1.82, 2.24) is 0 Å². The van der Waals surface area contributed by atoms with E-state index in [1.807, 2.05) is 6.92 Å². The third-order valence-corrected chi connectivity index (χ3v) is 1.46. The smallest absolute Gasteiger partial charge is 0.0608 e. The van der Waals surface area contributed by atoms with E-state index in [0.29, 0.717) is 0 Å². The van der Waals surface area contributed by atoms with Gasteiger partial charge in [-0.3, -0.25) is 0 Å². The SMILES string of the molecule is CCCC[C@](C)(N)CO. The molecule has 0 fully saturated rings. The number of hydrogen-bond donors (Lipinski definition) is 2. The number of aliphatic hydroxyl groups excluding tert-OH is 1. The summed E-state index contributed by atoms with van der Waals surface area (Å²) < 4.78 is 0. The fourth-order valence-corrected chi connectivity index (χ4v) is 0.660. The molecule has 0 aromatic carbocycles. The molecule has 0 spiro atoms. The maximum Gasteiger partial charge on any atom is 0.0608 e. The van der Waals surface area contributed by atoms with Crippen molar-refractivity contribution < 1.29 is 5.11 Å². The largest absolute Gasteiger partial charge is 0.394 e. The molecular weight excluding hydrogens is 114 g/mol. The van der Waals surface area contributed by atoms with Crippen molar-refractivity contribution >= 4 is 0 Å². The molecule has 0 aliphatic heterocycles. The summed E-state index contributed by atoms with van der Waals surface area (Å²) in [6, 6.07) is 0. The molecule has 0 aromatic rings. The fraction of sp³-hybridized carbons (Fsp3) is 1.00. The van der Waals surface area contributed by atoms with Crippen LogP contribution in [0, 0.1) is 0 Å². The van der Waals surface area contributed by atoms with Gasteiger partial charge in [-0.2, -0.15) is 0 Å². The predicted molar refractivity (Wildman–Crippen MR) is 39.2 cm³/mol.